The van der Waals surface area contributed by atoms with Crippen molar-refractivity contribution in [2.45, 2.75) is 18.0 Å². The summed E-state index contributed by atoms with van der Waals surface area (Å²) in [4.78, 5) is 11.6. The molecule has 0 aliphatic carbocycles. The Kier molecular flexibility index (Phi) is 4.19. The summed E-state index contributed by atoms with van der Waals surface area (Å²) in [6, 6.07) is 0. The third-order valence-electron chi connectivity index (χ3n) is 1.58. The van der Waals surface area contributed by atoms with E-state index < -0.39 is 23.8 Å². The van der Waals surface area contributed by atoms with Crippen LogP contribution >= 0.6 is 0 Å². The van der Waals surface area contributed by atoms with Crippen LogP contribution in [0.2, 0.25) is 0 Å². The number of ketones is 1. The van der Waals surface area contributed by atoms with E-state index in [-0.39, 0.29) is 6.08 Å². The molecule has 0 aliphatic heterocycles. The van der Waals surface area contributed by atoms with E-state index in [9.17, 15) is 35.5 Å². The van der Waals surface area contributed by atoms with Gasteiger partial charge in [0.05, 0.1) is 0 Å². The Hall–Kier alpha value is -1.28. The monoisotopic (exact) mass is 267 g/mol. The molecule has 0 amide bonds. The maximum atomic E-state index is 12.7. The maximum Gasteiger partial charge on any atom is 0.460 e. The van der Waals surface area contributed by atoms with Crippen LogP contribution in [-0.4, -0.2) is 42.8 Å². The summed E-state index contributed by atoms with van der Waals surface area (Å²) in [6.07, 6.45) is -5.90. The fraction of sp³-hybridized carbons (Fsp3) is 0.625. The van der Waals surface area contributed by atoms with Gasteiger partial charge in [-0.25, -0.2) is 0 Å². The predicted molar refractivity (Wildman–Crippen MR) is 43.8 cm³/mol. The summed E-state index contributed by atoms with van der Waals surface area (Å²) in [6.45, 7) is 0. The maximum absolute atomic E-state index is 12.7. The molecule has 0 saturated heterocycles. The second-order valence-corrected chi connectivity index (χ2v) is 3.29. The minimum Gasteiger partial charge on any atom is -0.383 e. The SMILES string of the molecule is CN(C)/C=C/C(=O)C(F)(F)C(F)(F)C(F)(F)F. The van der Waals surface area contributed by atoms with Crippen molar-refractivity contribution in [1.29, 1.82) is 0 Å². The van der Waals surface area contributed by atoms with Crippen molar-refractivity contribution in [3.63, 3.8) is 0 Å². The molecule has 0 spiro atoms. The van der Waals surface area contributed by atoms with Crippen LogP contribution in [-0.2, 0) is 4.79 Å². The summed E-state index contributed by atoms with van der Waals surface area (Å²) in [7, 11) is 2.54. The van der Waals surface area contributed by atoms with E-state index in [0.717, 1.165) is 4.90 Å². The lowest BCUT2D eigenvalue weighted by Gasteiger charge is -2.26. The molecule has 0 aromatic rings. The Bertz CT molecular complexity index is 318. The summed E-state index contributed by atoms with van der Waals surface area (Å²) in [5.74, 6) is -14.9. The van der Waals surface area contributed by atoms with Gasteiger partial charge >= 0.3 is 18.0 Å². The Balaban J connectivity index is 5.21. The Morgan fingerprint density at radius 3 is 1.71 bits per heavy atom. The van der Waals surface area contributed by atoms with E-state index in [0.29, 0.717) is 6.20 Å². The van der Waals surface area contributed by atoms with Gasteiger partial charge in [0.15, 0.2) is 0 Å². The quantitative estimate of drug-likeness (QED) is 0.576. The van der Waals surface area contributed by atoms with E-state index in [1.807, 2.05) is 0 Å². The molecule has 0 bridgehead atoms. The Morgan fingerprint density at radius 1 is 1.00 bits per heavy atom. The second-order valence-electron chi connectivity index (χ2n) is 3.29. The number of hydrogen-bond acceptors (Lipinski definition) is 2. The molecule has 0 aliphatic rings. The number of halogens is 7. The van der Waals surface area contributed by atoms with E-state index in [1.54, 1.807) is 0 Å². The van der Waals surface area contributed by atoms with E-state index in [4.69, 9.17) is 0 Å². The number of nitrogens with zero attached hydrogens (tertiary/aromatic N) is 1. The number of carbonyl (C=O) groups excluding carboxylic acids is 1. The Labute approximate surface area is 91.7 Å². The molecule has 0 aromatic heterocycles. The fourth-order valence-electron chi connectivity index (χ4n) is 0.654. The number of rotatable bonds is 4. The highest BCUT2D eigenvalue weighted by Gasteiger charge is 2.75. The molecule has 0 rings (SSSR count). The molecule has 100 valence electrons. The van der Waals surface area contributed by atoms with Crippen LogP contribution in [0.5, 0.6) is 0 Å². The van der Waals surface area contributed by atoms with E-state index in [1.165, 1.54) is 14.1 Å². The van der Waals surface area contributed by atoms with Gasteiger partial charge in [-0.2, -0.15) is 30.7 Å². The van der Waals surface area contributed by atoms with Crippen molar-refractivity contribution in [3.05, 3.63) is 12.3 Å². The molecule has 0 radical (unpaired) electrons. The van der Waals surface area contributed by atoms with Crippen molar-refractivity contribution < 1.29 is 35.5 Å². The number of alkyl halides is 7. The zero-order valence-electron chi connectivity index (χ0n) is 8.66. The lowest BCUT2D eigenvalue weighted by molar-refractivity contribution is -0.342. The van der Waals surface area contributed by atoms with Gasteiger partial charge in [0.2, 0.25) is 5.78 Å². The molecule has 0 atom stereocenters. The summed E-state index contributed by atoms with van der Waals surface area (Å²) < 4.78 is 85.0. The Morgan fingerprint density at radius 2 is 1.41 bits per heavy atom. The van der Waals surface area contributed by atoms with Gasteiger partial charge in [0.25, 0.3) is 0 Å². The number of carbonyl (C=O) groups is 1. The molecule has 0 heterocycles. The van der Waals surface area contributed by atoms with Gasteiger partial charge < -0.3 is 4.90 Å². The first-order chi connectivity index (χ1) is 7.34. The van der Waals surface area contributed by atoms with Crippen LogP contribution in [0.25, 0.3) is 0 Å². The molecule has 2 nitrogen and oxygen atoms in total. The molecule has 0 unspecified atom stereocenters. The first-order valence-electron chi connectivity index (χ1n) is 4.05. The van der Waals surface area contributed by atoms with Gasteiger partial charge in [-0.15, -0.1) is 0 Å². The van der Waals surface area contributed by atoms with Crippen LogP contribution in [0, 0.1) is 0 Å². The molecule has 17 heavy (non-hydrogen) atoms. The predicted octanol–water partition coefficient (Wildman–Crippen LogP) is 2.46. The average Bonchev–Trinajstić information content (AvgIpc) is 2.11. The summed E-state index contributed by atoms with van der Waals surface area (Å²) >= 11 is 0. The second kappa shape index (κ2) is 4.53. The molecular weight excluding hydrogens is 259 g/mol. The minimum atomic E-state index is -6.50. The lowest BCUT2D eigenvalue weighted by atomic mass is 10.1. The fourth-order valence-corrected chi connectivity index (χ4v) is 0.654. The van der Waals surface area contributed by atoms with Crippen LogP contribution in [0.1, 0.15) is 0 Å². The van der Waals surface area contributed by atoms with Gasteiger partial charge in [-0.05, 0) is 0 Å². The molecular formula is C8H8F7NO. The topological polar surface area (TPSA) is 20.3 Å². The van der Waals surface area contributed by atoms with Gasteiger partial charge in [0.1, 0.15) is 0 Å². The minimum absolute atomic E-state index is 0.0420. The molecule has 0 fully saturated rings. The largest absolute Gasteiger partial charge is 0.460 e. The number of allylic oxidation sites excluding steroid dienone is 1. The van der Waals surface area contributed by atoms with Crippen molar-refractivity contribution in [3.8, 4) is 0 Å². The highest BCUT2D eigenvalue weighted by Crippen LogP contribution is 2.46. The van der Waals surface area contributed by atoms with E-state index in [2.05, 4.69) is 0 Å². The van der Waals surface area contributed by atoms with Gasteiger partial charge in [-0.3, -0.25) is 4.79 Å². The summed E-state index contributed by atoms with van der Waals surface area (Å²) in [5.41, 5.74) is 0. The third-order valence-corrected chi connectivity index (χ3v) is 1.58. The molecule has 0 N–H and O–H groups in total. The van der Waals surface area contributed by atoms with Crippen LogP contribution < -0.4 is 0 Å². The van der Waals surface area contributed by atoms with Crippen molar-refractivity contribution in [2.75, 3.05) is 14.1 Å². The molecule has 0 aromatic carbocycles. The highest BCUT2D eigenvalue weighted by molar-refractivity contribution is 5.96. The first-order valence-corrected chi connectivity index (χ1v) is 4.05. The summed E-state index contributed by atoms with van der Waals surface area (Å²) in [5, 5.41) is 0. The van der Waals surface area contributed by atoms with E-state index >= 15 is 0 Å². The highest BCUT2D eigenvalue weighted by atomic mass is 19.4. The van der Waals surface area contributed by atoms with Gasteiger partial charge in [-0.1, -0.05) is 0 Å². The smallest absolute Gasteiger partial charge is 0.383 e. The van der Waals surface area contributed by atoms with Gasteiger partial charge in [0, 0.05) is 26.4 Å². The number of hydrogen-bond donors (Lipinski definition) is 0. The normalized spacial score (nSPS) is 14.2. The molecule has 9 heteroatoms. The van der Waals surface area contributed by atoms with Crippen LogP contribution in [0.4, 0.5) is 30.7 Å². The third kappa shape index (κ3) is 3.10. The van der Waals surface area contributed by atoms with Crippen LogP contribution in [0.15, 0.2) is 12.3 Å². The lowest BCUT2D eigenvalue weighted by Crippen LogP contribution is -2.55. The zero-order chi connectivity index (χ0) is 14.1. The van der Waals surface area contributed by atoms with Crippen molar-refractivity contribution in [2.24, 2.45) is 0 Å². The van der Waals surface area contributed by atoms with Crippen molar-refractivity contribution in [1.82, 2.24) is 4.90 Å². The standard InChI is InChI=1S/C8H8F7NO/c1-16(2)4-3-5(17)6(9,10)7(11,12)8(13,14)15/h3-4H,1-2H3/b4-3+. The van der Waals surface area contributed by atoms with Crippen LogP contribution in [0.3, 0.4) is 0 Å². The average molecular weight is 267 g/mol. The first kappa shape index (κ1) is 15.7. The van der Waals surface area contributed by atoms with Crippen molar-refractivity contribution >= 4 is 5.78 Å². The zero-order valence-corrected chi connectivity index (χ0v) is 8.66. The molecule has 0 saturated carbocycles.